The molecule has 1 saturated heterocycles. The molecule has 15 heavy (non-hydrogen) atoms. The van der Waals surface area contributed by atoms with E-state index in [2.05, 4.69) is 0 Å². The van der Waals surface area contributed by atoms with E-state index in [4.69, 9.17) is 14.6 Å². The third-order valence-electron chi connectivity index (χ3n) is 2.56. The number of esters is 1. The predicted octanol–water partition coefficient (Wildman–Crippen LogP) is -0.721. The Bertz CT molecular complexity index is 326. The normalized spacial score (nSPS) is 34.5. The molecule has 82 valence electrons. The topological polar surface area (TPSA) is 76.1 Å². The summed E-state index contributed by atoms with van der Waals surface area (Å²) in [6, 6.07) is -0.454. The van der Waals surface area contributed by atoms with Crippen LogP contribution in [0.15, 0.2) is 12.2 Å². The summed E-state index contributed by atoms with van der Waals surface area (Å²) < 4.78 is 9.86. The number of nitrogens with zero attached hydrogens (tertiary/aromatic N) is 1. The Morgan fingerprint density at radius 2 is 2.20 bits per heavy atom. The Hall–Kier alpha value is -1.56. The Morgan fingerprint density at radius 3 is 2.73 bits per heavy atom. The number of hydrogen-bond acceptors (Lipinski definition) is 5. The second-order valence-corrected chi connectivity index (χ2v) is 3.47. The molecule has 2 rings (SSSR count). The zero-order valence-electron chi connectivity index (χ0n) is 8.12. The van der Waals surface area contributed by atoms with Crippen LogP contribution in [0.3, 0.4) is 0 Å². The molecule has 0 bridgehead atoms. The molecule has 3 atom stereocenters. The fourth-order valence-electron chi connectivity index (χ4n) is 1.80. The molecule has 0 radical (unpaired) electrons. The first-order valence-electron chi connectivity index (χ1n) is 4.56. The van der Waals surface area contributed by atoms with Crippen molar-refractivity contribution in [1.29, 1.82) is 0 Å². The van der Waals surface area contributed by atoms with Gasteiger partial charge in [-0.25, -0.2) is 9.59 Å². The number of carbonyl (C=O) groups excluding carboxylic acids is 2. The van der Waals surface area contributed by atoms with Gasteiger partial charge >= 0.3 is 12.1 Å². The molecule has 0 aromatic heterocycles. The zero-order valence-corrected chi connectivity index (χ0v) is 8.12. The lowest BCUT2D eigenvalue weighted by Gasteiger charge is -2.24. The van der Waals surface area contributed by atoms with Gasteiger partial charge in [-0.05, 0) is 6.08 Å². The number of rotatable bonds is 2. The van der Waals surface area contributed by atoms with E-state index >= 15 is 0 Å². The van der Waals surface area contributed by atoms with Gasteiger partial charge < -0.3 is 19.5 Å². The third-order valence-corrected chi connectivity index (χ3v) is 2.56. The fraction of sp³-hybridized carbons (Fsp3) is 0.556. The number of cyclic esters (lactones) is 2. The molecule has 6 nitrogen and oxygen atoms in total. The minimum absolute atomic E-state index is 0.289. The number of likely N-dealkylation sites (N-methyl/N-ethyl adjacent to an activating group) is 1. The van der Waals surface area contributed by atoms with Crippen LogP contribution < -0.4 is 0 Å². The van der Waals surface area contributed by atoms with E-state index < -0.39 is 30.3 Å². The highest BCUT2D eigenvalue weighted by molar-refractivity contribution is 5.84. The molecule has 0 spiro atoms. The van der Waals surface area contributed by atoms with Gasteiger partial charge in [0.25, 0.3) is 0 Å². The molecular formula is C9H11NO5. The first kappa shape index (κ1) is 9.97. The van der Waals surface area contributed by atoms with Gasteiger partial charge in [0.05, 0.1) is 6.61 Å². The SMILES string of the molecule is CN1C(=O)O[C@H](CO)[C@@H]1C1C=CC(=O)O1. The monoisotopic (exact) mass is 213 g/mol. The number of amides is 1. The predicted molar refractivity (Wildman–Crippen MR) is 47.9 cm³/mol. The van der Waals surface area contributed by atoms with Crippen molar-refractivity contribution in [2.45, 2.75) is 18.2 Å². The average Bonchev–Trinajstić information content (AvgIpc) is 2.73. The van der Waals surface area contributed by atoms with Crippen molar-refractivity contribution in [2.75, 3.05) is 13.7 Å². The zero-order chi connectivity index (χ0) is 11.0. The summed E-state index contributed by atoms with van der Waals surface area (Å²) >= 11 is 0. The van der Waals surface area contributed by atoms with E-state index in [0.29, 0.717) is 0 Å². The standard InChI is InChI=1S/C9H11NO5/c1-10-8(5-2-3-7(12)14-5)6(4-11)15-9(10)13/h2-3,5-6,8,11H,4H2,1H3/t5?,6-,8+/m1/s1. The van der Waals surface area contributed by atoms with Crippen LogP contribution in [0.2, 0.25) is 0 Å². The number of aliphatic hydroxyl groups is 1. The van der Waals surface area contributed by atoms with E-state index in [1.807, 2.05) is 0 Å². The van der Waals surface area contributed by atoms with Crippen LogP contribution in [0.25, 0.3) is 0 Å². The maximum absolute atomic E-state index is 11.2. The van der Waals surface area contributed by atoms with Crippen molar-refractivity contribution in [2.24, 2.45) is 0 Å². The quantitative estimate of drug-likeness (QED) is 0.612. The second-order valence-electron chi connectivity index (χ2n) is 3.47. The van der Waals surface area contributed by atoms with Gasteiger partial charge in [0.2, 0.25) is 0 Å². The molecule has 0 aliphatic carbocycles. The van der Waals surface area contributed by atoms with Gasteiger partial charge in [0.15, 0.2) is 6.10 Å². The summed E-state index contributed by atoms with van der Waals surface area (Å²) in [6.07, 6.45) is 1.16. The highest BCUT2D eigenvalue weighted by Gasteiger charge is 2.45. The van der Waals surface area contributed by atoms with E-state index in [9.17, 15) is 9.59 Å². The van der Waals surface area contributed by atoms with Crippen molar-refractivity contribution in [3.8, 4) is 0 Å². The summed E-state index contributed by atoms with van der Waals surface area (Å²) in [6.45, 7) is -0.289. The number of carbonyl (C=O) groups is 2. The summed E-state index contributed by atoms with van der Waals surface area (Å²) in [4.78, 5) is 23.4. The van der Waals surface area contributed by atoms with Crippen LogP contribution in [0, 0.1) is 0 Å². The maximum Gasteiger partial charge on any atom is 0.410 e. The minimum atomic E-state index is -0.650. The van der Waals surface area contributed by atoms with E-state index in [1.165, 1.54) is 11.0 Å². The number of ether oxygens (including phenoxy) is 2. The van der Waals surface area contributed by atoms with Crippen molar-refractivity contribution in [3.63, 3.8) is 0 Å². The Labute approximate surface area is 86.1 Å². The number of hydrogen-bond donors (Lipinski definition) is 1. The van der Waals surface area contributed by atoms with Crippen LogP contribution in [-0.4, -0.2) is 54.0 Å². The average molecular weight is 213 g/mol. The van der Waals surface area contributed by atoms with Crippen LogP contribution in [0.5, 0.6) is 0 Å². The van der Waals surface area contributed by atoms with E-state index in [-0.39, 0.29) is 6.61 Å². The van der Waals surface area contributed by atoms with Gasteiger partial charge in [0.1, 0.15) is 12.1 Å². The lowest BCUT2D eigenvalue weighted by molar-refractivity contribution is -0.141. The maximum atomic E-state index is 11.2. The lowest BCUT2D eigenvalue weighted by atomic mass is 10.1. The van der Waals surface area contributed by atoms with Crippen LogP contribution >= 0.6 is 0 Å². The Balaban J connectivity index is 2.16. The summed E-state index contributed by atoms with van der Waals surface area (Å²) in [5.41, 5.74) is 0. The largest absolute Gasteiger partial charge is 0.453 e. The third kappa shape index (κ3) is 1.56. The van der Waals surface area contributed by atoms with Gasteiger partial charge in [-0.2, -0.15) is 0 Å². The van der Waals surface area contributed by atoms with E-state index in [0.717, 1.165) is 0 Å². The Kier molecular flexibility index (Phi) is 2.36. The molecule has 1 fully saturated rings. The molecule has 2 aliphatic rings. The van der Waals surface area contributed by atoms with Gasteiger partial charge in [-0.15, -0.1) is 0 Å². The second kappa shape index (κ2) is 3.54. The van der Waals surface area contributed by atoms with Gasteiger partial charge in [-0.1, -0.05) is 0 Å². The lowest BCUT2D eigenvalue weighted by Crippen LogP contribution is -2.44. The first-order valence-corrected chi connectivity index (χ1v) is 4.56. The van der Waals surface area contributed by atoms with Crippen LogP contribution in [0.1, 0.15) is 0 Å². The molecule has 2 aliphatic heterocycles. The molecule has 6 heteroatoms. The molecule has 0 aromatic carbocycles. The van der Waals surface area contributed by atoms with Crippen LogP contribution in [0.4, 0.5) is 4.79 Å². The Morgan fingerprint density at radius 1 is 1.47 bits per heavy atom. The van der Waals surface area contributed by atoms with Crippen molar-refractivity contribution < 1.29 is 24.2 Å². The molecule has 1 unspecified atom stereocenters. The highest BCUT2D eigenvalue weighted by Crippen LogP contribution is 2.25. The summed E-state index contributed by atoms with van der Waals surface area (Å²) in [5.74, 6) is -0.440. The highest BCUT2D eigenvalue weighted by atomic mass is 16.6. The van der Waals surface area contributed by atoms with Crippen molar-refractivity contribution in [1.82, 2.24) is 4.90 Å². The molecule has 0 saturated carbocycles. The van der Waals surface area contributed by atoms with Gasteiger partial charge in [0, 0.05) is 13.1 Å². The molecule has 1 amide bonds. The van der Waals surface area contributed by atoms with Crippen molar-refractivity contribution in [3.05, 3.63) is 12.2 Å². The fourth-order valence-corrected chi connectivity index (χ4v) is 1.80. The first-order chi connectivity index (χ1) is 7.13. The van der Waals surface area contributed by atoms with Crippen LogP contribution in [-0.2, 0) is 14.3 Å². The molecular weight excluding hydrogens is 202 g/mol. The summed E-state index contributed by atoms with van der Waals surface area (Å²) in [5, 5.41) is 9.03. The smallest absolute Gasteiger partial charge is 0.410 e. The minimum Gasteiger partial charge on any atom is -0.453 e. The molecule has 2 heterocycles. The summed E-state index contributed by atoms with van der Waals surface area (Å²) in [7, 11) is 1.54. The molecule has 0 aromatic rings. The van der Waals surface area contributed by atoms with Gasteiger partial charge in [-0.3, -0.25) is 0 Å². The molecule has 1 N–H and O–H groups in total. The van der Waals surface area contributed by atoms with Crippen molar-refractivity contribution >= 4 is 12.1 Å². The van der Waals surface area contributed by atoms with E-state index in [1.54, 1.807) is 13.1 Å². The number of aliphatic hydroxyl groups excluding tert-OH is 1.